The number of ketones is 1. The lowest BCUT2D eigenvalue weighted by molar-refractivity contribution is 0.0337. The first-order valence-corrected chi connectivity index (χ1v) is 7.32. The van der Waals surface area contributed by atoms with Crippen molar-refractivity contribution in [3.63, 3.8) is 0 Å². The molecular formula is C18H16O5. The minimum atomic E-state index is -0.697. The lowest BCUT2D eigenvalue weighted by atomic mass is 9.92. The number of esters is 1. The van der Waals surface area contributed by atoms with Gasteiger partial charge in [-0.3, -0.25) is 4.79 Å². The lowest BCUT2D eigenvalue weighted by Crippen LogP contribution is -2.22. The van der Waals surface area contributed by atoms with Gasteiger partial charge in [-0.05, 0) is 24.1 Å². The van der Waals surface area contributed by atoms with Crippen LogP contribution in [0, 0.1) is 0 Å². The van der Waals surface area contributed by atoms with Crippen molar-refractivity contribution >= 4 is 11.8 Å². The number of hydrogen-bond donors (Lipinski definition) is 2. The second kappa shape index (κ2) is 5.76. The number of hydrogen-bond acceptors (Lipinski definition) is 5. The Morgan fingerprint density at radius 3 is 2.61 bits per heavy atom. The maximum atomic E-state index is 12.6. The average molecular weight is 312 g/mol. The van der Waals surface area contributed by atoms with Crippen molar-refractivity contribution in [2.45, 2.75) is 25.9 Å². The third-order valence-electron chi connectivity index (χ3n) is 3.87. The zero-order valence-corrected chi connectivity index (χ0v) is 12.6. The molecule has 0 fully saturated rings. The summed E-state index contributed by atoms with van der Waals surface area (Å²) in [6.45, 7) is 1.73. The van der Waals surface area contributed by atoms with Gasteiger partial charge in [0.2, 0.25) is 0 Å². The van der Waals surface area contributed by atoms with Crippen LogP contribution in [-0.4, -0.2) is 28.1 Å². The number of cyclic esters (lactones) is 1. The van der Waals surface area contributed by atoms with Gasteiger partial charge in [-0.15, -0.1) is 0 Å². The summed E-state index contributed by atoms with van der Waals surface area (Å²) in [6.07, 6.45) is -0.129. The molecule has 5 nitrogen and oxygen atoms in total. The Morgan fingerprint density at radius 2 is 1.83 bits per heavy atom. The Kier molecular flexibility index (Phi) is 3.78. The van der Waals surface area contributed by atoms with Crippen molar-refractivity contribution in [2.24, 2.45) is 0 Å². The predicted octanol–water partition coefficient (Wildman–Crippen LogP) is 2.62. The molecule has 0 aliphatic carbocycles. The van der Waals surface area contributed by atoms with Gasteiger partial charge in [0.1, 0.15) is 23.2 Å². The molecule has 0 saturated heterocycles. The molecule has 3 rings (SSSR count). The highest BCUT2D eigenvalue weighted by atomic mass is 16.5. The second-order valence-corrected chi connectivity index (χ2v) is 5.68. The summed E-state index contributed by atoms with van der Waals surface area (Å²) in [5, 5.41) is 19.6. The van der Waals surface area contributed by atoms with E-state index in [9.17, 15) is 19.8 Å². The molecule has 2 N–H and O–H groups in total. The number of Topliss-reactive ketones (excluding diaryl/α,β-unsaturated/α-hetero) is 1. The molecule has 2 aromatic carbocycles. The first kappa shape index (κ1) is 15.1. The van der Waals surface area contributed by atoms with Gasteiger partial charge in [0.15, 0.2) is 5.78 Å². The van der Waals surface area contributed by atoms with Crippen LogP contribution in [0.4, 0.5) is 0 Å². The van der Waals surface area contributed by atoms with Crippen LogP contribution in [0.5, 0.6) is 11.5 Å². The number of ether oxygens (including phenoxy) is 1. The first-order valence-electron chi connectivity index (χ1n) is 7.32. The van der Waals surface area contributed by atoms with Crippen molar-refractivity contribution in [1.29, 1.82) is 0 Å². The number of fused-ring (bicyclic) bond motifs is 2. The Bertz CT molecular complexity index is 794. The molecule has 0 radical (unpaired) electrons. The SMILES string of the molecule is C[C@@H]1Cc2ccccc2C(=O)Cc2cc(O)cc(O)c2C(=O)O1. The van der Waals surface area contributed by atoms with Crippen molar-refractivity contribution < 1.29 is 24.5 Å². The van der Waals surface area contributed by atoms with Crippen molar-refractivity contribution in [2.75, 3.05) is 0 Å². The van der Waals surface area contributed by atoms with E-state index in [4.69, 9.17) is 4.74 Å². The molecule has 1 aliphatic heterocycles. The molecule has 5 heteroatoms. The predicted molar refractivity (Wildman–Crippen MR) is 82.8 cm³/mol. The molecule has 0 spiro atoms. The summed E-state index contributed by atoms with van der Waals surface area (Å²) >= 11 is 0. The maximum absolute atomic E-state index is 12.6. The van der Waals surface area contributed by atoms with Crippen LogP contribution in [0.1, 0.15) is 38.8 Å². The Balaban J connectivity index is 2.16. The highest BCUT2D eigenvalue weighted by Crippen LogP contribution is 2.30. The standard InChI is InChI=1S/C18H16O5/c1-10-6-11-4-2-3-5-14(11)15(20)8-12-7-13(19)9-16(21)17(12)18(22)23-10/h2-5,7,9-10,19,21H,6,8H2,1H3/t10-/m1/s1. The van der Waals surface area contributed by atoms with Gasteiger partial charge in [0.05, 0.1) is 0 Å². The molecule has 1 aliphatic rings. The zero-order chi connectivity index (χ0) is 16.6. The van der Waals surface area contributed by atoms with Crippen LogP contribution in [0.25, 0.3) is 0 Å². The van der Waals surface area contributed by atoms with Crippen molar-refractivity contribution in [3.05, 3.63) is 58.7 Å². The first-order chi connectivity index (χ1) is 11.0. The highest BCUT2D eigenvalue weighted by Gasteiger charge is 2.26. The molecule has 0 amide bonds. The summed E-state index contributed by atoms with van der Waals surface area (Å²) in [4.78, 5) is 24.9. The van der Waals surface area contributed by atoms with Gasteiger partial charge >= 0.3 is 5.97 Å². The summed E-state index contributed by atoms with van der Waals surface area (Å²) in [7, 11) is 0. The molecular weight excluding hydrogens is 296 g/mol. The van der Waals surface area contributed by atoms with E-state index >= 15 is 0 Å². The summed E-state index contributed by atoms with van der Waals surface area (Å²) in [5.74, 6) is -1.47. The normalized spacial score (nSPS) is 17.9. The molecule has 2 aromatic rings. The van der Waals surface area contributed by atoms with Gasteiger partial charge in [-0.2, -0.15) is 0 Å². The zero-order valence-electron chi connectivity index (χ0n) is 12.6. The van der Waals surface area contributed by atoms with E-state index in [1.54, 1.807) is 19.1 Å². The maximum Gasteiger partial charge on any atom is 0.342 e. The number of carbonyl (C=O) groups excluding carboxylic acids is 2. The minimum Gasteiger partial charge on any atom is -0.508 e. The molecule has 0 saturated carbocycles. The fraction of sp³-hybridized carbons (Fsp3) is 0.222. The Morgan fingerprint density at radius 1 is 1.09 bits per heavy atom. The van der Waals surface area contributed by atoms with Crippen LogP contribution in [0.2, 0.25) is 0 Å². The quantitative estimate of drug-likeness (QED) is 0.731. The molecule has 1 heterocycles. The van der Waals surface area contributed by atoms with E-state index in [1.807, 2.05) is 12.1 Å². The van der Waals surface area contributed by atoms with Gasteiger partial charge < -0.3 is 14.9 Å². The molecule has 0 aromatic heterocycles. The fourth-order valence-electron chi connectivity index (χ4n) is 2.88. The van der Waals surface area contributed by atoms with Gasteiger partial charge in [-0.25, -0.2) is 4.79 Å². The molecule has 0 unspecified atom stereocenters. The number of aromatic hydroxyl groups is 2. The summed E-state index contributed by atoms with van der Waals surface area (Å²) in [5.41, 5.74) is 1.56. The number of rotatable bonds is 0. The lowest BCUT2D eigenvalue weighted by Gasteiger charge is -2.19. The van der Waals surface area contributed by atoms with Gasteiger partial charge in [0, 0.05) is 24.5 Å². The van der Waals surface area contributed by atoms with Crippen LogP contribution < -0.4 is 0 Å². The van der Waals surface area contributed by atoms with E-state index in [0.717, 1.165) is 11.6 Å². The summed E-state index contributed by atoms with van der Waals surface area (Å²) < 4.78 is 5.37. The fourth-order valence-corrected chi connectivity index (χ4v) is 2.88. The van der Waals surface area contributed by atoms with Crippen LogP contribution in [0.3, 0.4) is 0 Å². The second-order valence-electron chi connectivity index (χ2n) is 5.68. The summed E-state index contributed by atoms with van der Waals surface area (Å²) in [6, 6.07) is 9.55. The number of phenols is 2. The minimum absolute atomic E-state index is 0.0672. The van der Waals surface area contributed by atoms with Crippen molar-refractivity contribution in [1.82, 2.24) is 0 Å². The van der Waals surface area contributed by atoms with E-state index in [1.165, 1.54) is 6.07 Å². The Labute approximate surface area is 133 Å². The monoisotopic (exact) mass is 312 g/mol. The number of carbonyl (C=O) groups is 2. The number of phenolic OH excluding ortho intramolecular Hbond substituents is 2. The van der Waals surface area contributed by atoms with E-state index in [0.29, 0.717) is 12.0 Å². The topological polar surface area (TPSA) is 83.8 Å². The molecule has 118 valence electrons. The largest absolute Gasteiger partial charge is 0.508 e. The highest BCUT2D eigenvalue weighted by molar-refractivity contribution is 6.02. The molecule has 1 atom stereocenters. The van der Waals surface area contributed by atoms with E-state index < -0.39 is 12.1 Å². The Hall–Kier alpha value is -2.82. The third kappa shape index (κ3) is 2.90. The van der Waals surface area contributed by atoms with Crippen LogP contribution in [-0.2, 0) is 17.6 Å². The molecule has 23 heavy (non-hydrogen) atoms. The molecule has 0 bridgehead atoms. The van der Waals surface area contributed by atoms with Crippen molar-refractivity contribution in [3.8, 4) is 11.5 Å². The number of benzene rings is 2. The van der Waals surface area contributed by atoms with E-state index in [-0.39, 0.29) is 34.8 Å². The average Bonchev–Trinajstić information content (AvgIpc) is 2.45. The van der Waals surface area contributed by atoms with Gasteiger partial charge in [-0.1, -0.05) is 24.3 Å². The van der Waals surface area contributed by atoms with E-state index in [2.05, 4.69) is 0 Å². The smallest absolute Gasteiger partial charge is 0.342 e. The van der Waals surface area contributed by atoms with Gasteiger partial charge in [0.25, 0.3) is 0 Å². The van der Waals surface area contributed by atoms with Crippen LogP contribution in [0.15, 0.2) is 36.4 Å². The van der Waals surface area contributed by atoms with Crippen LogP contribution >= 0.6 is 0 Å². The third-order valence-corrected chi connectivity index (χ3v) is 3.87.